The van der Waals surface area contributed by atoms with Gasteiger partial charge in [-0.1, -0.05) is 35.9 Å². The van der Waals surface area contributed by atoms with Crippen molar-refractivity contribution in [3.63, 3.8) is 0 Å². The lowest BCUT2D eigenvalue weighted by Gasteiger charge is -2.04. The van der Waals surface area contributed by atoms with E-state index in [-0.39, 0.29) is 5.88 Å². The highest BCUT2D eigenvalue weighted by molar-refractivity contribution is 5.97. The number of rotatable bonds is 4. The number of azo groups is 1. The van der Waals surface area contributed by atoms with Gasteiger partial charge in [0.1, 0.15) is 0 Å². The van der Waals surface area contributed by atoms with Crippen molar-refractivity contribution < 1.29 is 9.90 Å². The van der Waals surface area contributed by atoms with Crippen LogP contribution in [0.3, 0.4) is 0 Å². The highest BCUT2D eigenvalue weighted by atomic mass is 16.3. The summed E-state index contributed by atoms with van der Waals surface area (Å²) in [6.07, 6.45) is 2.38. The normalized spacial score (nSPS) is 14.4. The van der Waals surface area contributed by atoms with Gasteiger partial charge in [0.2, 0.25) is 5.88 Å². The Morgan fingerprint density at radius 3 is 2.60 bits per heavy atom. The number of nitrogens with zero attached hydrogens (tertiary/aromatic N) is 3. The van der Waals surface area contributed by atoms with Crippen LogP contribution in [0.15, 0.2) is 58.8 Å². The molecule has 3 aromatic rings. The van der Waals surface area contributed by atoms with Gasteiger partial charge >= 0.3 is 0 Å². The number of hydrogen-bond acceptors (Lipinski definition) is 3. The summed E-state index contributed by atoms with van der Waals surface area (Å²) in [5.41, 5.74) is 2.84. The SMILES string of the molecule is Cc1ccc(C(=O)N=Nc2c(O)n(CC3CC3)c3ccccc23)cc1. The van der Waals surface area contributed by atoms with Crippen molar-refractivity contribution >= 4 is 22.5 Å². The van der Waals surface area contributed by atoms with Crippen molar-refractivity contribution in [1.29, 1.82) is 0 Å². The minimum atomic E-state index is -0.418. The molecule has 1 N–H and O–H groups in total. The molecule has 0 spiro atoms. The summed E-state index contributed by atoms with van der Waals surface area (Å²) < 4.78 is 1.87. The van der Waals surface area contributed by atoms with E-state index in [4.69, 9.17) is 0 Å². The Balaban J connectivity index is 1.69. The van der Waals surface area contributed by atoms with Crippen LogP contribution < -0.4 is 0 Å². The van der Waals surface area contributed by atoms with Crippen LogP contribution in [0.5, 0.6) is 5.88 Å². The molecule has 126 valence electrons. The van der Waals surface area contributed by atoms with E-state index in [1.807, 2.05) is 47.9 Å². The van der Waals surface area contributed by atoms with E-state index in [1.165, 1.54) is 12.8 Å². The number of benzene rings is 2. The first-order chi connectivity index (χ1) is 12.1. The number of aromatic hydroxyl groups is 1. The molecule has 1 aliphatic carbocycles. The van der Waals surface area contributed by atoms with Gasteiger partial charge in [-0.25, -0.2) is 0 Å². The first kappa shape index (κ1) is 15.6. The van der Waals surface area contributed by atoms with Crippen molar-refractivity contribution in [2.24, 2.45) is 16.1 Å². The highest BCUT2D eigenvalue weighted by Gasteiger charge is 2.25. The van der Waals surface area contributed by atoms with Gasteiger partial charge in [-0.05, 0) is 43.9 Å². The van der Waals surface area contributed by atoms with E-state index < -0.39 is 5.91 Å². The summed E-state index contributed by atoms with van der Waals surface area (Å²) in [5, 5.41) is 19.3. The summed E-state index contributed by atoms with van der Waals surface area (Å²) in [6, 6.07) is 14.9. The zero-order valence-corrected chi connectivity index (χ0v) is 14.0. The van der Waals surface area contributed by atoms with Crippen LogP contribution >= 0.6 is 0 Å². The lowest BCUT2D eigenvalue weighted by atomic mass is 10.1. The van der Waals surface area contributed by atoms with Crippen LogP contribution in [0.25, 0.3) is 10.9 Å². The van der Waals surface area contributed by atoms with Gasteiger partial charge in [-0.2, -0.15) is 0 Å². The minimum absolute atomic E-state index is 0.0774. The summed E-state index contributed by atoms with van der Waals surface area (Å²) in [4.78, 5) is 12.2. The third-order valence-corrected chi connectivity index (χ3v) is 4.59. The molecule has 0 atom stereocenters. The molecular weight excluding hydrogens is 314 g/mol. The van der Waals surface area contributed by atoms with Gasteiger partial charge in [0, 0.05) is 17.5 Å². The van der Waals surface area contributed by atoms with E-state index in [1.54, 1.807) is 12.1 Å². The van der Waals surface area contributed by atoms with Crippen molar-refractivity contribution in [2.75, 3.05) is 0 Å². The standard InChI is InChI=1S/C20H19N3O2/c1-13-6-10-15(11-7-13)19(24)22-21-18-16-4-2-3-5-17(16)23(20(18)25)12-14-8-9-14/h2-7,10-11,14,25H,8-9,12H2,1H3. The number of amides is 1. The molecular formula is C20H19N3O2. The third kappa shape index (κ3) is 3.05. The van der Waals surface area contributed by atoms with E-state index in [0.29, 0.717) is 17.2 Å². The Labute approximate surface area is 145 Å². The van der Waals surface area contributed by atoms with Crippen LogP contribution in [-0.2, 0) is 6.54 Å². The molecule has 1 aromatic heterocycles. The monoisotopic (exact) mass is 333 g/mol. The maximum Gasteiger partial charge on any atom is 0.295 e. The summed E-state index contributed by atoms with van der Waals surface area (Å²) >= 11 is 0. The number of carbonyl (C=O) groups is 1. The molecule has 0 saturated heterocycles. The smallest absolute Gasteiger partial charge is 0.295 e. The molecule has 1 aliphatic rings. The Hall–Kier alpha value is -2.95. The lowest BCUT2D eigenvalue weighted by Crippen LogP contribution is -1.98. The quantitative estimate of drug-likeness (QED) is 0.683. The number of hydrogen-bond donors (Lipinski definition) is 1. The molecule has 1 heterocycles. The molecule has 0 bridgehead atoms. The molecule has 1 saturated carbocycles. The van der Waals surface area contributed by atoms with Crippen LogP contribution in [0.2, 0.25) is 0 Å². The highest BCUT2D eigenvalue weighted by Crippen LogP contribution is 2.41. The molecule has 5 heteroatoms. The molecule has 0 unspecified atom stereocenters. The van der Waals surface area contributed by atoms with E-state index in [2.05, 4.69) is 10.2 Å². The fraction of sp³-hybridized carbons (Fsp3) is 0.250. The van der Waals surface area contributed by atoms with Crippen molar-refractivity contribution in [2.45, 2.75) is 26.3 Å². The largest absolute Gasteiger partial charge is 0.493 e. The lowest BCUT2D eigenvalue weighted by molar-refractivity contribution is 0.0995. The number of para-hydroxylation sites is 1. The van der Waals surface area contributed by atoms with Crippen LogP contribution in [0.4, 0.5) is 5.69 Å². The predicted molar refractivity (Wildman–Crippen MR) is 96.4 cm³/mol. The van der Waals surface area contributed by atoms with Gasteiger partial charge in [0.15, 0.2) is 5.69 Å². The van der Waals surface area contributed by atoms with Crippen LogP contribution in [0, 0.1) is 12.8 Å². The zero-order valence-electron chi connectivity index (χ0n) is 14.0. The summed E-state index contributed by atoms with van der Waals surface area (Å²) in [6.45, 7) is 2.73. The number of aromatic nitrogens is 1. The average molecular weight is 333 g/mol. The van der Waals surface area contributed by atoms with Crippen LogP contribution in [0.1, 0.15) is 28.8 Å². The minimum Gasteiger partial charge on any atom is -0.493 e. The zero-order chi connectivity index (χ0) is 17.4. The molecule has 1 fully saturated rings. The maximum absolute atomic E-state index is 12.2. The number of fused-ring (bicyclic) bond motifs is 1. The Morgan fingerprint density at radius 2 is 1.88 bits per heavy atom. The molecule has 5 nitrogen and oxygen atoms in total. The maximum atomic E-state index is 12.2. The predicted octanol–water partition coefficient (Wildman–Crippen LogP) is 4.99. The van der Waals surface area contributed by atoms with E-state index in [9.17, 15) is 9.90 Å². The molecule has 0 radical (unpaired) electrons. The number of carbonyl (C=O) groups excluding carboxylic acids is 1. The third-order valence-electron chi connectivity index (χ3n) is 4.59. The summed E-state index contributed by atoms with van der Waals surface area (Å²) in [7, 11) is 0. The fourth-order valence-corrected chi connectivity index (χ4v) is 2.96. The second-order valence-electron chi connectivity index (χ2n) is 6.61. The molecule has 2 aromatic carbocycles. The molecule has 25 heavy (non-hydrogen) atoms. The molecule has 0 aliphatic heterocycles. The van der Waals surface area contributed by atoms with Crippen molar-refractivity contribution in [3.05, 3.63) is 59.7 Å². The topological polar surface area (TPSA) is 66.9 Å². The molecule has 1 amide bonds. The van der Waals surface area contributed by atoms with E-state index >= 15 is 0 Å². The fourth-order valence-electron chi connectivity index (χ4n) is 2.96. The molecule has 4 rings (SSSR count). The van der Waals surface area contributed by atoms with Crippen molar-refractivity contribution in [3.8, 4) is 5.88 Å². The van der Waals surface area contributed by atoms with Gasteiger partial charge in [0.05, 0.1) is 5.52 Å². The van der Waals surface area contributed by atoms with Gasteiger partial charge < -0.3 is 9.67 Å². The van der Waals surface area contributed by atoms with Crippen LogP contribution in [-0.4, -0.2) is 15.6 Å². The Kier molecular flexibility index (Phi) is 3.84. The van der Waals surface area contributed by atoms with Gasteiger partial charge in [-0.3, -0.25) is 4.79 Å². The van der Waals surface area contributed by atoms with Crippen molar-refractivity contribution in [1.82, 2.24) is 4.57 Å². The Bertz CT molecular complexity index is 967. The van der Waals surface area contributed by atoms with Gasteiger partial charge in [0.25, 0.3) is 5.91 Å². The van der Waals surface area contributed by atoms with Gasteiger partial charge in [-0.15, -0.1) is 10.2 Å². The average Bonchev–Trinajstić information content (AvgIpc) is 3.40. The van der Waals surface area contributed by atoms with E-state index in [0.717, 1.165) is 23.0 Å². The second-order valence-corrected chi connectivity index (χ2v) is 6.61. The Morgan fingerprint density at radius 1 is 1.16 bits per heavy atom. The summed E-state index contributed by atoms with van der Waals surface area (Å²) in [5.74, 6) is 0.271. The second kappa shape index (κ2) is 6.16. The number of aryl methyl sites for hydroxylation is 1. The first-order valence-corrected chi connectivity index (χ1v) is 8.46. The first-order valence-electron chi connectivity index (χ1n) is 8.46.